The van der Waals surface area contributed by atoms with E-state index >= 15 is 0 Å². The Morgan fingerprint density at radius 2 is 2.04 bits per heavy atom. The van der Waals surface area contributed by atoms with Gasteiger partial charge < -0.3 is 23.4 Å². The Morgan fingerprint density at radius 3 is 2.82 bits per heavy atom. The van der Waals surface area contributed by atoms with Gasteiger partial charge in [0.05, 0.1) is 12.0 Å². The van der Waals surface area contributed by atoms with Gasteiger partial charge in [-0.05, 0) is 29.8 Å². The van der Waals surface area contributed by atoms with Crippen molar-refractivity contribution in [2.45, 2.75) is 11.7 Å². The average Bonchev–Trinajstić information content (AvgIpc) is 3.35. The number of fused-ring (bicyclic) bond motifs is 1. The molecule has 0 unspecified atom stereocenters. The van der Waals surface area contributed by atoms with Crippen LogP contribution in [0.4, 0.5) is 0 Å². The lowest BCUT2D eigenvalue weighted by Crippen LogP contribution is -2.28. The number of hydrogen-bond acceptors (Lipinski definition) is 7. The zero-order valence-corrected chi connectivity index (χ0v) is 16.4. The Bertz CT molecular complexity index is 970. The summed E-state index contributed by atoms with van der Waals surface area (Å²) in [6.45, 7) is 1.59. The zero-order valence-electron chi connectivity index (χ0n) is 15.6. The first-order valence-corrected chi connectivity index (χ1v) is 9.79. The molecule has 0 bridgehead atoms. The van der Waals surface area contributed by atoms with Crippen LogP contribution in [-0.2, 0) is 18.4 Å². The number of carbonyl (C=O) groups is 1. The summed E-state index contributed by atoms with van der Waals surface area (Å²) in [6.07, 6.45) is 1.59. The fourth-order valence-electron chi connectivity index (χ4n) is 2.85. The van der Waals surface area contributed by atoms with E-state index in [-0.39, 0.29) is 11.7 Å². The molecule has 0 atom stereocenters. The van der Waals surface area contributed by atoms with Crippen LogP contribution in [0, 0.1) is 0 Å². The standard InChI is InChI=1S/C19H20N4O4S/c1-22(11-13-5-6-14-16(10-13)27-9-8-26-14)17(24)12-28-19-21-20-18(23(19)2)15-4-3-7-25-15/h3-7,10H,8-9,11-12H2,1-2H3. The van der Waals surface area contributed by atoms with Crippen molar-refractivity contribution in [2.24, 2.45) is 7.05 Å². The minimum absolute atomic E-state index is 0.00226. The lowest BCUT2D eigenvalue weighted by molar-refractivity contribution is -0.127. The second-order valence-corrected chi connectivity index (χ2v) is 7.30. The molecule has 1 aromatic carbocycles. The molecular weight excluding hydrogens is 380 g/mol. The summed E-state index contributed by atoms with van der Waals surface area (Å²) < 4.78 is 18.3. The third-order valence-electron chi connectivity index (χ3n) is 4.35. The van der Waals surface area contributed by atoms with E-state index < -0.39 is 0 Å². The van der Waals surface area contributed by atoms with Crippen LogP contribution in [0.2, 0.25) is 0 Å². The van der Waals surface area contributed by atoms with E-state index in [1.54, 1.807) is 24.3 Å². The third kappa shape index (κ3) is 3.84. The van der Waals surface area contributed by atoms with Gasteiger partial charge in [-0.25, -0.2) is 0 Å². The molecule has 0 N–H and O–H groups in total. The lowest BCUT2D eigenvalue weighted by Gasteiger charge is -2.21. The summed E-state index contributed by atoms with van der Waals surface area (Å²) in [4.78, 5) is 14.2. The predicted octanol–water partition coefficient (Wildman–Crippen LogP) is 2.60. The number of benzene rings is 1. The van der Waals surface area contributed by atoms with Gasteiger partial charge in [0.15, 0.2) is 28.2 Å². The summed E-state index contributed by atoms with van der Waals surface area (Å²) in [7, 11) is 3.63. The van der Waals surface area contributed by atoms with Crippen molar-refractivity contribution in [3.05, 3.63) is 42.2 Å². The van der Waals surface area contributed by atoms with Gasteiger partial charge in [0, 0.05) is 20.6 Å². The number of carbonyl (C=O) groups excluding carboxylic acids is 1. The molecule has 0 saturated carbocycles. The number of hydrogen-bond donors (Lipinski definition) is 0. The van der Waals surface area contributed by atoms with E-state index in [0.29, 0.717) is 36.5 Å². The van der Waals surface area contributed by atoms with Gasteiger partial charge in [-0.2, -0.15) is 0 Å². The Kier molecular flexibility index (Phi) is 5.25. The number of thioether (sulfide) groups is 1. The molecule has 8 nitrogen and oxygen atoms in total. The van der Waals surface area contributed by atoms with Crippen LogP contribution >= 0.6 is 11.8 Å². The van der Waals surface area contributed by atoms with Crippen molar-refractivity contribution in [2.75, 3.05) is 26.0 Å². The summed E-state index contributed by atoms with van der Waals surface area (Å²) in [6, 6.07) is 9.37. The van der Waals surface area contributed by atoms with E-state index in [4.69, 9.17) is 13.9 Å². The Hall–Kier alpha value is -2.94. The summed E-state index contributed by atoms with van der Waals surface area (Å²) >= 11 is 1.35. The van der Waals surface area contributed by atoms with Crippen LogP contribution in [0.3, 0.4) is 0 Å². The first-order chi connectivity index (χ1) is 13.6. The minimum Gasteiger partial charge on any atom is -0.486 e. The molecule has 9 heteroatoms. The van der Waals surface area contributed by atoms with Gasteiger partial charge in [0.2, 0.25) is 5.91 Å². The maximum absolute atomic E-state index is 12.5. The molecule has 3 aromatic rings. The molecule has 2 aromatic heterocycles. The monoisotopic (exact) mass is 400 g/mol. The number of amides is 1. The first-order valence-electron chi connectivity index (χ1n) is 8.80. The maximum atomic E-state index is 12.5. The fourth-order valence-corrected chi connectivity index (χ4v) is 3.70. The van der Waals surface area contributed by atoms with Gasteiger partial charge in [-0.3, -0.25) is 4.79 Å². The third-order valence-corrected chi connectivity index (χ3v) is 5.36. The van der Waals surface area contributed by atoms with Crippen LogP contribution < -0.4 is 9.47 Å². The van der Waals surface area contributed by atoms with Crippen molar-refractivity contribution in [3.63, 3.8) is 0 Å². The van der Waals surface area contributed by atoms with Crippen LogP contribution in [0.15, 0.2) is 46.2 Å². The second-order valence-electron chi connectivity index (χ2n) is 6.36. The van der Waals surface area contributed by atoms with E-state index in [1.165, 1.54) is 11.8 Å². The molecular formula is C19H20N4O4S. The van der Waals surface area contributed by atoms with Gasteiger partial charge >= 0.3 is 0 Å². The molecule has 3 heterocycles. The lowest BCUT2D eigenvalue weighted by atomic mass is 10.2. The number of furan rings is 1. The highest BCUT2D eigenvalue weighted by Gasteiger charge is 2.17. The molecule has 0 saturated heterocycles. The summed E-state index contributed by atoms with van der Waals surface area (Å²) in [5.74, 6) is 3.01. The predicted molar refractivity (Wildman–Crippen MR) is 103 cm³/mol. The molecule has 1 amide bonds. The molecule has 1 aliphatic rings. The van der Waals surface area contributed by atoms with Crippen LogP contribution in [0.1, 0.15) is 5.56 Å². The number of nitrogens with zero attached hydrogens (tertiary/aromatic N) is 4. The van der Waals surface area contributed by atoms with E-state index in [0.717, 1.165) is 17.1 Å². The maximum Gasteiger partial charge on any atom is 0.233 e. The molecule has 146 valence electrons. The Balaban J connectivity index is 1.35. The molecule has 0 spiro atoms. The van der Waals surface area contributed by atoms with Crippen molar-refractivity contribution in [1.82, 2.24) is 19.7 Å². The molecule has 28 heavy (non-hydrogen) atoms. The summed E-state index contributed by atoms with van der Waals surface area (Å²) in [5.41, 5.74) is 0.990. The highest BCUT2D eigenvalue weighted by molar-refractivity contribution is 7.99. The first kappa shape index (κ1) is 18.4. The normalized spacial score (nSPS) is 12.8. The second kappa shape index (κ2) is 7.97. The fraction of sp³-hybridized carbons (Fsp3) is 0.316. The number of rotatable bonds is 6. The van der Waals surface area contributed by atoms with E-state index in [1.807, 2.05) is 35.9 Å². The highest BCUT2D eigenvalue weighted by Crippen LogP contribution is 2.31. The van der Waals surface area contributed by atoms with Gasteiger partial charge in [0.25, 0.3) is 0 Å². The Labute approximate surface area is 166 Å². The molecule has 0 aliphatic carbocycles. The van der Waals surface area contributed by atoms with Gasteiger partial charge in [-0.1, -0.05) is 17.8 Å². The van der Waals surface area contributed by atoms with Crippen molar-refractivity contribution in [3.8, 4) is 23.1 Å². The number of ether oxygens (including phenoxy) is 2. The molecule has 1 aliphatic heterocycles. The van der Waals surface area contributed by atoms with Crippen LogP contribution in [0.5, 0.6) is 11.5 Å². The quantitative estimate of drug-likeness (QED) is 0.588. The topological polar surface area (TPSA) is 82.6 Å². The SMILES string of the molecule is CN(Cc1ccc2c(c1)OCCO2)C(=O)CSc1nnc(-c2ccco2)n1C. The summed E-state index contributed by atoms with van der Waals surface area (Å²) in [5, 5.41) is 8.95. The molecule has 0 radical (unpaired) electrons. The molecule has 0 fully saturated rings. The molecule has 4 rings (SSSR count). The highest BCUT2D eigenvalue weighted by atomic mass is 32.2. The van der Waals surface area contributed by atoms with Crippen molar-refractivity contribution >= 4 is 17.7 Å². The minimum atomic E-state index is 0.00226. The van der Waals surface area contributed by atoms with Crippen LogP contribution in [0.25, 0.3) is 11.6 Å². The zero-order chi connectivity index (χ0) is 19.5. The van der Waals surface area contributed by atoms with Crippen molar-refractivity contribution < 1.29 is 18.7 Å². The largest absolute Gasteiger partial charge is 0.486 e. The van der Waals surface area contributed by atoms with Gasteiger partial charge in [0.1, 0.15) is 13.2 Å². The van der Waals surface area contributed by atoms with E-state index in [2.05, 4.69) is 10.2 Å². The smallest absolute Gasteiger partial charge is 0.233 e. The average molecular weight is 400 g/mol. The van der Waals surface area contributed by atoms with E-state index in [9.17, 15) is 4.79 Å². The Morgan fingerprint density at radius 1 is 1.21 bits per heavy atom. The van der Waals surface area contributed by atoms with Crippen molar-refractivity contribution in [1.29, 1.82) is 0 Å². The number of aromatic nitrogens is 3. The van der Waals surface area contributed by atoms with Crippen LogP contribution in [-0.4, -0.2) is 51.6 Å². The van der Waals surface area contributed by atoms with Gasteiger partial charge in [-0.15, -0.1) is 10.2 Å².